The molecule has 0 spiro atoms. The van der Waals surface area contributed by atoms with Gasteiger partial charge in [0.05, 0.1) is 11.3 Å². The highest BCUT2D eigenvalue weighted by Crippen LogP contribution is 2.25. The van der Waals surface area contributed by atoms with Crippen molar-refractivity contribution in [3.05, 3.63) is 46.2 Å². The van der Waals surface area contributed by atoms with Crippen LogP contribution in [0.15, 0.2) is 34.9 Å². The largest absolute Gasteiger partial charge is 0.385 e. The lowest BCUT2D eigenvalue weighted by molar-refractivity contribution is 0.0565. The smallest absolute Gasteiger partial charge is 0.0925 e. The van der Waals surface area contributed by atoms with Crippen LogP contribution in [0.4, 0.5) is 0 Å². The average Bonchev–Trinajstić information content (AvgIpc) is 2.63. The Balaban J connectivity index is 2.21. The molecule has 0 saturated carbocycles. The molecule has 0 radical (unpaired) electrons. The Kier molecular flexibility index (Phi) is 3.31. The Morgan fingerprint density at radius 2 is 2.00 bits per heavy atom. The fourth-order valence-electron chi connectivity index (χ4n) is 1.74. The number of nitrogens with zero attached hydrogens (tertiary/aromatic N) is 3. The van der Waals surface area contributed by atoms with E-state index in [4.69, 9.17) is 0 Å². The molecule has 0 aliphatic heterocycles. The summed E-state index contributed by atoms with van der Waals surface area (Å²) < 4.78 is 2.63. The lowest BCUT2D eigenvalue weighted by Gasteiger charge is -2.22. The maximum Gasteiger partial charge on any atom is 0.0925 e. The fourth-order valence-corrected chi connectivity index (χ4v) is 2.00. The van der Waals surface area contributed by atoms with Crippen LogP contribution >= 0.6 is 15.9 Å². The van der Waals surface area contributed by atoms with Crippen LogP contribution in [0.3, 0.4) is 0 Å². The molecule has 5 heteroatoms. The first-order chi connectivity index (χ1) is 7.97. The summed E-state index contributed by atoms with van der Waals surface area (Å²) >= 11 is 3.38. The highest BCUT2D eigenvalue weighted by Gasteiger charge is 2.24. The van der Waals surface area contributed by atoms with Crippen LogP contribution in [0.5, 0.6) is 0 Å². The number of aliphatic hydroxyl groups is 1. The van der Waals surface area contributed by atoms with Gasteiger partial charge in [0.2, 0.25) is 0 Å². The molecule has 1 unspecified atom stereocenters. The lowest BCUT2D eigenvalue weighted by atomic mass is 9.91. The molecule has 17 heavy (non-hydrogen) atoms. The molecule has 0 bridgehead atoms. The Morgan fingerprint density at radius 3 is 2.53 bits per heavy atom. The molecular formula is C12H14BrN3O. The van der Waals surface area contributed by atoms with Crippen LogP contribution in [-0.2, 0) is 19.1 Å². The summed E-state index contributed by atoms with van der Waals surface area (Å²) in [5.74, 6) is 0. The Hall–Kier alpha value is -1.20. The molecule has 1 aromatic carbocycles. The Labute approximate surface area is 108 Å². The van der Waals surface area contributed by atoms with Crippen LogP contribution < -0.4 is 0 Å². The summed E-state index contributed by atoms with van der Waals surface area (Å²) in [5, 5.41) is 18.3. The minimum absolute atomic E-state index is 0.447. The van der Waals surface area contributed by atoms with E-state index in [-0.39, 0.29) is 0 Å². The number of aromatic nitrogens is 3. The van der Waals surface area contributed by atoms with Gasteiger partial charge < -0.3 is 5.11 Å². The van der Waals surface area contributed by atoms with Gasteiger partial charge in [-0.25, -0.2) is 0 Å². The number of halogens is 1. The number of benzene rings is 1. The van der Waals surface area contributed by atoms with Gasteiger partial charge in [0.25, 0.3) is 0 Å². The first kappa shape index (κ1) is 12.3. The second-order valence-electron chi connectivity index (χ2n) is 4.34. The molecule has 1 aromatic heterocycles. The molecule has 90 valence electrons. The van der Waals surface area contributed by atoms with Gasteiger partial charge in [0.1, 0.15) is 0 Å². The van der Waals surface area contributed by atoms with E-state index in [0.717, 1.165) is 15.7 Å². The summed E-state index contributed by atoms with van der Waals surface area (Å²) in [5.41, 5.74) is 0.711. The molecule has 0 fully saturated rings. The summed E-state index contributed by atoms with van der Waals surface area (Å²) in [6, 6.07) is 7.64. The Morgan fingerprint density at radius 1 is 1.35 bits per heavy atom. The number of hydrogen-bond donors (Lipinski definition) is 1. The van der Waals surface area contributed by atoms with Crippen molar-refractivity contribution in [3.8, 4) is 0 Å². The van der Waals surface area contributed by atoms with Crippen molar-refractivity contribution in [2.24, 2.45) is 7.05 Å². The van der Waals surface area contributed by atoms with Crippen molar-refractivity contribution >= 4 is 15.9 Å². The van der Waals surface area contributed by atoms with Crippen LogP contribution in [-0.4, -0.2) is 20.1 Å². The zero-order valence-electron chi connectivity index (χ0n) is 9.76. The third kappa shape index (κ3) is 2.92. The van der Waals surface area contributed by atoms with Crippen LogP contribution in [0.2, 0.25) is 0 Å². The maximum atomic E-state index is 10.4. The molecular weight excluding hydrogens is 282 g/mol. The number of rotatable bonds is 3. The van der Waals surface area contributed by atoms with Gasteiger partial charge in [-0.1, -0.05) is 33.3 Å². The van der Waals surface area contributed by atoms with E-state index in [1.807, 2.05) is 37.5 Å². The van der Waals surface area contributed by atoms with Crippen molar-refractivity contribution in [2.45, 2.75) is 18.9 Å². The summed E-state index contributed by atoms with van der Waals surface area (Å²) in [6.07, 6.45) is 2.26. The van der Waals surface area contributed by atoms with E-state index in [0.29, 0.717) is 6.42 Å². The lowest BCUT2D eigenvalue weighted by Crippen LogP contribution is -2.24. The van der Waals surface area contributed by atoms with Crippen molar-refractivity contribution in [1.82, 2.24) is 15.0 Å². The first-order valence-electron chi connectivity index (χ1n) is 5.31. The van der Waals surface area contributed by atoms with Gasteiger partial charge in [-0.15, -0.1) is 5.10 Å². The predicted molar refractivity (Wildman–Crippen MR) is 68.4 cm³/mol. The highest BCUT2D eigenvalue weighted by molar-refractivity contribution is 9.10. The third-order valence-corrected chi connectivity index (χ3v) is 3.17. The minimum atomic E-state index is -0.934. The molecule has 1 atom stereocenters. The number of hydrogen-bond acceptors (Lipinski definition) is 3. The normalized spacial score (nSPS) is 14.6. The van der Waals surface area contributed by atoms with E-state index in [1.165, 1.54) is 0 Å². The zero-order valence-corrected chi connectivity index (χ0v) is 11.3. The maximum absolute atomic E-state index is 10.4. The van der Waals surface area contributed by atoms with E-state index >= 15 is 0 Å². The summed E-state index contributed by atoms with van der Waals surface area (Å²) in [7, 11) is 1.81. The van der Waals surface area contributed by atoms with Crippen LogP contribution in [0, 0.1) is 0 Å². The van der Waals surface area contributed by atoms with Crippen LogP contribution in [0.1, 0.15) is 18.2 Å². The fraction of sp³-hybridized carbons (Fsp3) is 0.333. The summed E-state index contributed by atoms with van der Waals surface area (Å²) in [6.45, 7) is 1.78. The van der Waals surface area contributed by atoms with Crippen LogP contribution in [0.25, 0.3) is 0 Å². The van der Waals surface area contributed by atoms with Crippen molar-refractivity contribution in [3.63, 3.8) is 0 Å². The van der Waals surface area contributed by atoms with E-state index in [1.54, 1.807) is 11.6 Å². The van der Waals surface area contributed by atoms with Gasteiger partial charge >= 0.3 is 0 Å². The molecule has 1 heterocycles. The molecule has 0 amide bonds. The average molecular weight is 296 g/mol. The predicted octanol–water partition coefficient (Wildman–Crippen LogP) is 2.03. The molecule has 2 rings (SSSR count). The van der Waals surface area contributed by atoms with E-state index in [9.17, 15) is 5.11 Å². The monoisotopic (exact) mass is 295 g/mol. The topological polar surface area (TPSA) is 50.9 Å². The van der Waals surface area contributed by atoms with Gasteiger partial charge in [-0.3, -0.25) is 4.68 Å². The summed E-state index contributed by atoms with van der Waals surface area (Å²) in [4.78, 5) is 0. The third-order valence-electron chi connectivity index (χ3n) is 2.64. The first-order valence-corrected chi connectivity index (χ1v) is 6.10. The van der Waals surface area contributed by atoms with Crippen molar-refractivity contribution in [1.29, 1.82) is 0 Å². The molecule has 0 saturated heterocycles. The molecule has 0 aliphatic rings. The van der Waals surface area contributed by atoms with Crippen molar-refractivity contribution in [2.75, 3.05) is 0 Å². The Bertz CT molecular complexity index is 505. The quantitative estimate of drug-likeness (QED) is 0.943. The standard InChI is InChI=1S/C12H14BrN3O/c1-12(17,7-11-8-16(2)15-14-11)9-3-5-10(13)6-4-9/h3-6,8,17H,7H2,1-2H3. The van der Waals surface area contributed by atoms with Gasteiger partial charge in [-0.2, -0.15) is 0 Å². The highest BCUT2D eigenvalue weighted by atomic mass is 79.9. The minimum Gasteiger partial charge on any atom is -0.385 e. The molecule has 0 aliphatic carbocycles. The van der Waals surface area contributed by atoms with E-state index < -0.39 is 5.60 Å². The number of aryl methyl sites for hydroxylation is 1. The van der Waals surface area contributed by atoms with Gasteiger partial charge in [0, 0.05) is 24.1 Å². The molecule has 1 N–H and O–H groups in total. The SMILES string of the molecule is Cn1cc(CC(C)(O)c2ccc(Br)cc2)nn1. The zero-order chi connectivity index (χ0) is 12.5. The van der Waals surface area contributed by atoms with Crippen molar-refractivity contribution < 1.29 is 5.11 Å². The van der Waals surface area contributed by atoms with Gasteiger partial charge in [-0.05, 0) is 24.6 Å². The molecule has 2 aromatic rings. The second kappa shape index (κ2) is 4.58. The molecule has 4 nitrogen and oxygen atoms in total. The second-order valence-corrected chi connectivity index (χ2v) is 5.26. The van der Waals surface area contributed by atoms with Gasteiger partial charge in [0.15, 0.2) is 0 Å². The van der Waals surface area contributed by atoms with E-state index in [2.05, 4.69) is 26.2 Å².